The zero-order valence-corrected chi connectivity index (χ0v) is 18.2. The van der Waals surface area contributed by atoms with Crippen molar-refractivity contribution in [1.29, 1.82) is 0 Å². The maximum absolute atomic E-state index is 4.00. The Balaban J connectivity index is 0. The predicted octanol–water partition coefficient (Wildman–Crippen LogP) is 6.35. The van der Waals surface area contributed by atoms with Crippen LogP contribution in [0.4, 0.5) is 0 Å². The topological polar surface area (TPSA) is 0 Å². The average molecular weight is 344 g/mol. The van der Waals surface area contributed by atoms with Crippen LogP contribution in [0.15, 0.2) is 0 Å². The molecule has 0 bridgehead atoms. The standard InChI is InChI=1S/2C10H15.C2H2.Ti/c2*1-6-7(2)9(4)10(5)8(6)3;1-2;/h2*1-5H3;1-2H;. The van der Waals surface area contributed by atoms with E-state index in [4.69, 9.17) is 0 Å². The summed E-state index contributed by atoms with van der Waals surface area (Å²) in [5.41, 5.74) is 0. The van der Waals surface area contributed by atoms with Gasteiger partial charge in [-0.05, 0) is 59.2 Å². The van der Waals surface area contributed by atoms with Crippen molar-refractivity contribution in [3.8, 4) is 0 Å². The maximum Gasteiger partial charge on any atom is 0 e. The Hall–Kier alpha value is 0.454. The summed E-state index contributed by atoms with van der Waals surface area (Å²) < 4.78 is 0. The zero-order chi connectivity index (χ0) is 17.8. The summed E-state index contributed by atoms with van der Waals surface area (Å²) in [7, 11) is 0. The molecule has 2 fully saturated rings. The molecule has 0 aromatic rings. The molecule has 0 atom stereocenters. The second-order valence-corrected chi connectivity index (χ2v) is 6.25. The van der Waals surface area contributed by atoms with E-state index in [0.717, 1.165) is 0 Å². The molecule has 2 saturated carbocycles. The fraction of sp³-hybridized carbons (Fsp3) is 0.455. The minimum atomic E-state index is 0. The van der Waals surface area contributed by atoms with E-state index in [0.29, 0.717) is 0 Å². The molecule has 0 amide bonds. The smallest absolute Gasteiger partial charge is 0 e. The van der Waals surface area contributed by atoms with Gasteiger partial charge in [-0.2, -0.15) is 0 Å². The van der Waals surface area contributed by atoms with Crippen LogP contribution in [0.5, 0.6) is 0 Å². The summed E-state index contributed by atoms with van der Waals surface area (Å²) in [5, 5.41) is 0. The van der Waals surface area contributed by atoms with Gasteiger partial charge in [0, 0.05) is 21.7 Å². The van der Waals surface area contributed by atoms with Gasteiger partial charge in [0.25, 0.3) is 0 Å². The Morgan fingerprint density at radius 3 is 0.391 bits per heavy atom. The molecular weight excluding hydrogens is 312 g/mol. The molecular formula is C22H32Ti. The van der Waals surface area contributed by atoms with Gasteiger partial charge in [-0.15, -0.1) is 0 Å². The summed E-state index contributed by atoms with van der Waals surface area (Å²) in [6.07, 6.45) is 0. The van der Waals surface area contributed by atoms with Gasteiger partial charge in [0.15, 0.2) is 0 Å². The third-order valence-corrected chi connectivity index (χ3v) is 5.62. The summed E-state index contributed by atoms with van der Waals surface area (Å²) >= 11 is 0. The molecule has 1 heteroatoms. The first kappa shape index (κ1) is 25.7. The molecule has 0 nitrogen and oxygen atoms in total. The molecule has 12 radical (unpaired) electrons. The van der Waals surface area contributed by atoms with Crippen LogP contribution in [0, 0.1) is 72.3 Å². The largest absolute Gasteiger partial charge is 0.0623 e. The van der Waals surface area contributed by atoms with Crippen LogP contribution in [0.1, 0.15) is 69.2 Å². The second kappa shape index (κ2) is 11.1. The Bertz CT molecular complexity index is 193. The van der Waals surface area contributed by atoms with Gasteiger partial charge in [0.1, 0.15) is 0 Å². The van der Waals surface area contributed by atoms with Crippen molar-refractivity contribution < 1.29 is 21.7 Å². The molecule has 0 aromatic heterocycles. The molecule has 23 heavy (non-hydrogen) atoms. The first-order valence-corrected chi connectivity index (χ1v) is 7.83. The minimum absolute atomic E-state index is 0. The molecule has 0 spiro atoms. The van der Waals surface area contributed by atoms with Crippen LogP contribution in [0.25, 0.3) is 0 Å². The molecule has 2 aliphatic rings. The van der Waals surface area contributed by atoms with Gasteiger partial charge < -0.3 is 0 Å². The molecule has 0 N–H and O–H groups in total. The van der Waals surface area contributed by atoms with Crippen LogP contribution in [-0.2, 0) is 21.7 Å². The third-order valence-electron chi connectivity index (χ3n) is 5.62. The molecule has 0 unspecified atom stereocenters. The molecule has 0 aliphatic heterocycles. The Morgan fingerprint density at radius 1 is 0.304 bits per heavy atom. The van der Waals surface area contributed by atoms with Crippen molar-refractivity contribution in [2.24, 2.45) is 0 Å². The van der Waals surface area contributed by atoms with Crippen molar-refractivity contribution in [3.05, 3.63) is 72.3 Å². The van der Waals surface area contributed by atoms with Gasteiger partial charge in [-0.25, -0.2) is 0 Å². The molecule has 2 aliphatic carbocycles. The van der Waals surface area contributed by atoms with Crippen molar-refractivity contribution in [2.75, 3.05) is 0 Å². The van der Waals surface area contributed by atoms with Gasteiger partial charge in [-0.3, -0.25) is 0 Å². The molecule has 0 aromatic carbocycles. The third kappa shape index (κ3) is 5.74. The summed E-state index contributed by atoms with van der Waals surface area (Å²) in [4.78, 5) is 0. The number of rotatable bonds is 0. The van der Waals surface area contributed by atoms with Gasteiger partial charge in [0.05, 0.1) is 0 Å². The van der Waals surface area contributed by atoms with Crippen LogP contribution in [-0.4, -0.2) is 0 Å². The van der Waals surface area contributed by atoms with E-state index in [9.17, 15) is 0 Å². The Labute approximate surface area is 163 Å². The van der Waals surface area contributed by atoms with E-state index in [2.05, 4.69) is 82.4 Å². The van der Waals surface area contributed by atoms with Crippen LogP contribution >= 0.6 is 0 Å². The average Bonchev–Trinajstić information content (AvgIpc) is 2.81. The molecule has 124 valence electrons. The summed E-state index contributed by atoms with van der Waals surface area (Å²) in [5.74, 6) is 14.7. The van der Waals surface area contributed by atoms with Crippen molar-refractivity contribution in [2.45, 2.75) is 69.2 Å². The first-order valence-electron chi connectivity index (χ1n) is 7.83. The Kier molecular flexibility index (Phi) is 12.4. The van der Waals surface area contributed by atoms with Crippen LogP contribution in [0.2, 0.25) is 0 Å². The SMILES string of the molecule is C[C]1[C](C)[C](C)[C](C)[C]1C.C[C]1[C](C)[C](C)[C](C)[C]1C.[CH]=[CH].[Ti]. The van der Waals surface area contributed by atoms with Gasteiger partial charge >= 0.3 is 0 Å². The fourth-order valence-electron chi connectivity index (χ4n) is 2.81. The van der Waals surface area contributed by atoms with Crippen molar-refractivity contribution in [1.82, 2.24) is 0 Å². The molecule has 2 rings (SSSR count). The maximum atomic E-state index is 4.00. The van der Waals surface area contributed by atoms with E-state index in [1.54, 1.807) is 0 Å². The van der Waals surface area contributed by atoms with Gasteiger partial charge in [0.2, 0.25) is 0 Å². The van der Waals surface area contributed by atoms with E-state index in [1.165, 1.54) is 59.2 Å². The fourth-order valence-corrected chi connectivity index (χ4v) is 2.81. The minimum Gasteiger partial charge on any atom is -0.0623 e. The summed E-state index contributed by atoms with van der Waals surface area (Å²) in [6.45, 7) is 30.0. The van der Waals surface area contributed by atoms with Crippen molar-refractivity contribution in [3.63, 3.8) is 0 Å². The number of hydrogen-bond donors (Lipinski definition) is 0. The van der Waals surface area contributed by atoms with E-state index >= 15 is 0 Å². The van der Waals surface area contributed by atoms with Crippen molar-refractivity contribution >= 4 is 0 Å². The van der Waals surface area contributed by atoms with Gasteiger partial charge in [-0.1, -0.05) is 82.4 Å². The monoisotopic (exact) mass is 344 g/mol. The normalized spacial score (nSPS) is 25.0. The molecule has 0 saturated heterocycles. The van der Waals surface area contributed by atoms with Crippen LogP contribution in [0.3, 0.4) is 0 Å². The zero-order valence-electron chi connectivity index (χ0n) is 16.7. The Morgan fingerprint density at radius 2 is 0.348 bits per heavy atom. The number of hydrogen-bond acceptors (Lipinski definition) is 0. The summed E-state index contributed by atoms with van der Waals surface area (Å²) in [6, 6.07) is 0. The molecule has 0 heterocycles. The van der Waals surface area contributed by atoms with Crippen LogP contribution < -0.4 is 0 Å². The van der Waals surface area contributed by atoms with E-state index < -0.39 is 0 Å². The van der Waals surface area contributed by atoms with E-state index in [-0.39, 0.29) is 21.7 Å². The second-order valence-electron chi connectivity index (χ2n) is 6.25. The first-order chi connectivity index (χ1) is 10.1. The van der Waals surface area contributed by atoms with E-state index in [1.807, 2.05) is 0 Å². The quantitative estimate of drug-likeness (QED) is 0.449. The predicted molar refractivity (Wildman–Crippen MR) is 97.8 cm³/mol.